The number of carbonyl (C=O) groups is 1. The van der Waals surface area contributed by atoms with Gasteiger partial charge in [-0.3, -0.25) is 4.79 Å². The second-order valence-corrected chi connectivity index (χ2v) is 8.91. The first kappa shape index (κ1) is 16.7. The van der Waals surface area contributed by atoms with Crippen molar-refractivity contribution in [2.24, 2.45) is 0 Å². The Kier molecular flexibility index (Phi) is 4.69. The van der Waals surface area contributed by atoms with E-state index in [0.29, 0.717) is 16.1 Å². The molecule has 0 atom stereocenters. The number of thiophene rings is 1. The molecule has 0 bridgehead atoms. The molecule has 1 aromatic heterocycles. The molecule has 124 valence electrons. The summed E-state index contributed by atoms with van der Waals surface area (Å²) in [5.74, 6) is -1.36. The number of amides is 1. The van der Waals surface area contributed by atoms with Gasteiger partial charge in [0.25, 0.3) is 0 Å². The lowest BCUT2D eigenvalue weighted by Crippen LogP contribution is -2.23. The minimum Gasteiger partial charge on any atom is -0.316 e. The van der Waals surface area contributed by atoms with Crippen LogP contribution in [0.3, 0.4) is 0 Å². The molecular formula is C17H16N2O3S2. The van der Waals surface area contributed by atoms with Crippen molar-refractivity contribution in [2.45, 2.75) is 25.0 Å². The molecule has 1 aromatic carbocycles. The van der Waals surface area contributed by atoms with Crippen molar-refractivity contribution >= 4 is 32.1 Å². The van der Waals surface area contributed by atoms with Gasteiger partial charge < -0.3 is 5.32 Å². The summed E-state index contributed by atoms with van der Waals surface area (Å²) in [6.07, 6.45) is 2.78. The molecule has 24 heavy (non-hydrogen) atoms. The molecule has 1 aliphatic carbocycles. The Morgan fingerprint density at radius 3 is 2.71 bits per heavy atom. The highest BCUT2D eigenvalue weighted by molar-refractivity contribution is 7.91. The first-order valence-electron chi connectivity index (χ1n) is 7.57. The lowest BCUT2D eigenvalue weighted by atomic mass is 10.1. The van der Waals surface area contributed by atoms with Crippen LogP contribution in [0.2, 0.25) is 0 Å². The van der Waals surface area contributed by atoms with Crippen molar-refractivity contribution in [1.82, 2.24) is 0 Å². The maximum absolute atomic E-state index is 12.2. The number of nitrogens with one attached hydrogen (secondary N) is 1. The van der Waals surface area contributed by atoms with Crippen molar-refractivity contribution in [3.05, 3.63) is 51.9 Å². The minimum atomic E-state index is -3.56. The standard InChI is InChI=1S/C17H16N2O3S2/c18-9-14-13-7-4-8-15(13)23-17(14)19-16(20)11-24(21,22)10-12-5-2-1-3-6-12/h1-3,5-6H,4,7-8,10-11H2,(H,19,20). The minimum absolute atomic E-state index is 0.173. The number of rotatable bonds is 5. The first-order chi connectivity index (χ1) is 11.5. The van der Waals surface area contributed by atoms with Gasteiger partial charge in [0.1, 0.15) is 16.8 Å². The fourth-order valence-electron chi connectivity index (χ4n) is 2.85. The molecule has 0 radical (unpaired) electrons. The molecule has 5 nitrogen and oxygen atoms in total. The Labute approximate surface area is 144 Å². The van der Waals surface area contributed by atoms with Crippen molar-refractivity contribution in [1.29, 1.82) is 5.26 Å². The van der Waals surface area contributed by atoms with Crippen LogP contribution in [0.25, 0.3) is 0 Å². The number of nitrogens with zero attached hydrogens (tertiary/aromatic N) is 1. The van der Waals surface area contributed by atoms with Crippen LogP contribution in [0, 0.1) is 11.3 Å². The molecule has 1 amide bonds. The maximum atomic E-state index is 12.2. The molecule has 0 aliphatic heterocycles. The van der Waals surface area contributed by atoms with Gasteiger partial charge in [-0.2, -0.15) is 5.26 Å². The van der Waals surface area contributed by atoms with E-state index >= 15 is 0 Å². The molecule has 2 aromatic rings. The van der Waals surface area contributed by atoms with Crippen molar-refractivity contribution < 1.29 is 13.2 Å². The predicted molar refractivity (Wildman–Crippen MR) is 93.6 cm³/mol. The van der Waals surface area contributed by atoms with E-state index in [-0.39, 0.29) is 5.75 Å². The average Bonchev–Trinajstić information content (AvgIpc) is 3.07. The highest BCUT2D eigenvalue weighted by Gasteiger charge is 2.24. The predicted octanol–water partition coefficient (Wildman–Crippen LogP) is 2.66. The Morgan fingerprint density at radius 2 is 2.00 bits per heavy atom. The summed E-state index contributed by atoms with van der Waals surface area (Å²) in [6, 6.07) is 10.9. The van der Waals surface area contributed by atoms with E-state index in [4.69, 9.17) is 0 Å². The van der Waals surface area contributed by atoms with E-state index in [9.17, 15) is 18.5 Å². The number of aryl methyl sites for hydroxylation is 1. The number of benzene rings is 1. The van der Waals surface area contributed by atoms with E-state index in [0.717, 1.165) is 29.7 Å². The molecular weight excluding hydrogens is 344 g/mol. The van der Waals surface area contributed by atoms with E-state index in [1.807, 2.05) is 6.07 Å². The van der Waals surface area contributed by atoms with Crippen molar-refractivity contribution in [2.75, 3.05) is 11.1 Å². The average molecular weight is 360 g/mol. The molecule has 3 rings (SSSR count). The molecule has 0 saturated carbocycles. The van der Waals surface area contributed by atoms with Gasteiger partial charge >= 0.3 is 0 Å². The third kappa shape index (κ3) is 3.66. The molecule has 0 fully saturated rings. The maximum Gasteiger partial charge on any atom is 0.240 e. The summed E-state index contributed by atoms with van der Waals surface area (Å²) < 4.78 is 24.3. The number of nitriles is 1. The summed E-state index contributed by atoms with van der Waals surface area (Å²) in [4.78, 5) is 13.2. The molecule has 0 saturated heterocycles. The van der Waals surface area contributed by atoms with Gasteiger partial charge in [0, 0.05) is 4.88 Å². The van der Waals surface area contributed by atoms with Crippen LogP contribution in [0.4, 0.5) is 5.00 Å². The number of hydrogen-bond acceptors (Lipinski definition) is 5. The summed E-state index contributed by atoms with van der Waals surface area (Å²) >= 11 is 1.38. The topological polar surface area (TPSA) is 87.0 Å². The van der Waals surface area contributed by atoms with Crippen LogP contribution in [0.1, 0.15) is 28.0 Å². The molecule has 1 N–H and O–H groups in total. The highest BCUT2D eigenvalue weighted by atomic mass is 32.2. The first-order valence-corrected chi connectivity index (χ1v) is 10.2. The van der Waals surface area contributed by atoms with E-state index in [1.165, 1.54) is 11.3 Å². The number of carbonyl (C=O) groups excluding carboxylic acids is 1. The van der Waals surface area contributed by atoms with Gasteiger partial charge in [0.15, 0.2) is 9.84 Å². The van der Waals surface area contributed by atoms with Gasteiger partial charge in [-0.15, -0.1) is 11.3 Å². The SMILES string of the molecule is N#Cc1c(NC(=O)CS(=O)(=O)Cc2ccccc2)sc2c1CCC2. The van der Waals surface area contributed by atoms with Crippen LogP contribution in [0.15, 0.2) is 30.3 Å². The Morgan fingerprint density at radius 1 is 1.25 bits per heavy atom. The summed E-state index contributed by atoms with van der Waals surface area (Å²) in [7, 11) is -3.56. The van der Waals surface area contributed by atoms with Crippen molar-refractivity contribution in [3.63, 3.8) is 0 Å². The van der Waals surface area contributed by atoms with Crippen LogP contribution in [-0.2, 0) is 33.2 Å². The largest absolute Gasteiger partial charge is 0.316 e. The van der Waals surface area contributed by atoms with Gasteiger partial charge in [-0.25, -0.2) is 8.42 Å². The van der Waals surface area contributed by atoms with E-state index in [2.05, 4.69) is 11.4 Å². The monoisotopic (exact) mass is 360 g/mol. The molecule has 7 heteroatoms. The van der Waals surface area contributed by atoms with Crippen LogP contribution in [-0.4, -0.2) is 20.1 Å². The molecule has 1 heterocycles. The Bertz CT molecular complexity index is 909. The van der Waals surface area contributed by atoms with E-state index in [1.54, 1.807) is 24.3 Å². The normalized spacial score (nSPS) is 13.3. The van der Waals surface area contributed by atoms with Gasteiger partial charge in [0.05, 0.1) is 11.3 Å². The Hall–Kier alpha value is -2.17. The number of hydrogen-bond donors (Lipinski definition) is 1. The highest BCUT2D eigenvalue weighted by Crippen LogP contribution is 2.38. The van der Waals surface area contributed by atoms with Gasteiger partial charge in [-0.1, -0.05) is 30.3 Å². The van der Waals surface area contributed by atoms with Gasteiger partial charge in [0.2, 0.25) is 5.91 Å². The summed E-state index contributed by atoms with van der Waals surface area (Å²) in [5, 5.41) is 12.4. The Balaban J connectivity index is 1.69. The summed E-state index contributed by atoms with van der Waals surface area (Å²) in [6.45, 7) is 0. The lowest BCUT2D eigenvalue weighted by molar-refractivity contribution is -0.113. The van der Waals surface area contributed by atoms with Crippen molar-refractivity contribution in [3.8, 4) is 6.07 Å². The van der Waals surface area contributed by atoms with Crippen LogP contribution in [0.5, 0.6) is 0 Å². The fraction of sp³-hybridized carbons (Fsp3) is 0.294. The number of anilines is 1. The number of sulfone groups is 1. The summed E-state index contributed by atoms with van der Waals surface area (Å²) in [5.41, 5.74) is 2.14. The third-order valence-electron chi connectivity index (χ3n) is 3.87. The zero-order chi connectivity index (χ0) is 17.2. The van der Waals surface area contributed by atoms with Crippen LogP contribution < -0.4 is 5.32 Å². The van der Waals surface area contributed by atoms with Crippen LogP contribution >= 0.6 is 11.3 Å². The second-order valence-electron chi connectivity index (χ2n) is 5.74. The van der Waals surface area contributed by atoms with Gasteiger partial charge in [-0.05, 0) is 30.4 Å². The third-order valence-corrected chi connectivity index (χ3v) is 6.55. The zero-order valence-corrected chi connectivity index (χ0v) is 14.5. The lowest BCUT2D eigenvalue weighted by Gasteiger charge is -2.06. The second kappa shape index (κ2) is 6.75. The molecule has 0 spiro atoms. The molecule has 1 aliphatic rings. The fourth-order valence-corrected chi connectivity index (χ4v) is 5.38. The molecule has 0 unspecified atom stereocenters. The van der Waals surface area contributed by atoms with E-state index < -0.39 is 21.5 Å². The number of fused-ring (bicyclic) bond motifs is 1. The zero-order valence-electron chi connectivity index (χ0n) is 12.9. The smallest absolute Gasteiger partial charge is 0.240 e. The quantitative estimate of drug-likeness (QED) is 0.888.